The molecule has 0 radical (unpaired) electrons. The summed E-state index contributed by atoms with van der Waals surface area (Å²) >= 11 is 0. The summed E-state index contributed by atoms with van der Waals surface area (Å²) in [6.07, 6.45) is 1.80. The van der Waals surface area contributed by atoms with Crippen molar-refractivity contribution in [3.05, 3.63) is 36.4 Å². The van der Waals surface area contributed by atoms with Crippen molar-refractivity contribution in [2.45, 2.75) is 13.8 Å². The summed E-state index contributed by atoms with van der Waals surface area (Å²) in [5.74, 6) is 0. The van der Waals surface area contributed by atoms with E-state index in [4.69, 9.17) is 0 Å². The first-order valence-corrected chi connectivity index (χ1v) is 5.19. The van der Waals surface area contributed by atoms with E-state index in [1.165, 1.54) is 0 Å². The largest absolute Gasteiger partial charge is 0.279 e. The van der Waals surface area contributed by atoms with Gasteiger partial charge in [0.2, 0.25) is 0 Å². The van der Waals surface area contributed by atoms with Crippen molar-refractivity contribution >= 4 is 11.8 Å². The lowest BCUT2D eigenvalue weighted by Crippen LogP contribution is -2.14. The van der Waals surface area contributed by atoms with Crippen LogP contribution in [0.15, 0.2) is 41.2 Å². The molecule has 0 amide bonds. The molecule has 1 aromatic rings. The van der Waals surface area contributed by atoms with Crippen LogP contribution in [0.4, 0.5) is 5.69 Å². The van der Waals surface area contributed by atoms with E-state index >= 15 is 0 Å². The molecular weight excluding hydrogens is 186 g/mol. The van der Waals surface area contributed by atoms with Gasteiger partial charge >= 0.3 is 0 Å². The average molecular weight is 203 g/mol. The highest BCUT2D eigenvalue weighted by Crippen LogP contribution is 2.15. The van der Waals surface area contributed by atoms with Crippen LogP contribution >= 0.6 is 0 Å². The first-order chi connectivity index (χ1) is 7.30. The third-order valence-corrected chi connectivity index (χ3v) is 2.12. The van der Waals surface area contributed by atoms with E-state index in [0.29, 0.717) is 0 Å². The Labute approximate surface area is 91.1 Å². The first kappa shape index (κ1) is 11.4. The van der Waals surface area contributed by atoms with Gasteiger partial charge in [-0.25, -0.2) is 0 Å². The monoisotopic (exact) mass is 203 g/mol. The van der Waals surface area contributed by atoms with Crippen molar-refractivity contribution in [3.63, 3.8) is 0 Å². The quantitative estimate of drug-likeness (QED) is 0.530. The fourth-order valence-corrected chi connectivity index (χ4v) is 1.18. The van der Waals surface area contributed by atoms with Gasteiger partial charge in [0.1, 0.15) is 0 Å². The lowest BCUT2D eigenvalue weighted by molar-refractivity contribution is 0.301. The van der Waals surface area contributed by atoms with E-state index in [-0.39, 0.29) is 0 Å². The van der Waals surface area contributed by atoms with Gasteiger partial charge in [-0.15, -0.1) is 5.11 Å². The van der Waals surface area contributed by atoms with Crippen molar-refractivity contribution in [1.29, 1.82) is 0 Å². The molecule has 0 N–H and O–H groups in total. The summed E-state index contributed by atoms with van der Waals surface area (Å²) in [6.45, 7) is 9.59. The minimum Gasteiger partial charge on any atom is -0.279 e. The summed E-state index contributed by atoms with van der Waals surface area (Å²) in [6, 6.07) is 7.83. The Morgan fingerprint density at radius 2 is 2.07 bits per heavy atom. The van der Waals surface area contributed by atoms with E-state index in [1.807, 2.05) is 29.3 Å². The summed E-state index contributed by atoms with van der Waals surface area (Å²) in [7, 11) is 0. The number of rotatable bonds is 5. The van der Waals surface area contributed by atoms with Crippen molar-refractivity contribution in [2.24, 2.45) is 10.3 Å². The van der Waals surface area contributed by atoms with Crippen LogP contribution in [0, 0.1) is 0 Å². The summed E-state index contributed by atoms with van der Waals surface area (Å²) in [5.41, 5.74) is 1.92. The minimum absolute atomic E-state index is 0.860. The fourth-order valence-electron chi connectivity index (χ4n) is 1.18. The normalized spacial score (nSPS) is 10.5. The maximum Gasteiger partial charge on any atom is 0.0880 e. The van der Waals surface area contributed by atoms with Crippen LogP contribution in [-0.4, -0.2) is 18.1 Å². The SMILES string of the molecule is C=Cc1cccc(/N=N\N(CC)CC)c1. The molecule has 0 saturated heterocycles. The van der Waals surface area contributed by atoms with Crippen LogP contribution < -0.4 is 0 Å². The predicted octanol–water partition coefficient (Wildman–Crippen LogP) is 3.67. The first-order valence-electron chi connectivity index (χ1n) is 5.19. The lowest BCUT2D eigenvalue weighted by atomic mass is 10.2. The molecule has 3 nitrogen and oxygen atoms in total. The average Bonchev–Trinajstić information content (AvgIpc) is 2.31. The number of hydrogen-bond acceptors (Lipinski definition) is 2. The second-order valence-electron chi connectivity index (χ2n) is 3.13. The molecule has 0 fully saturated rings. The number of nitrogens with zero attached hydrogens (tertiary/aromatic N) is 3. The Kier molecular flexibility index (Phi) is 4.54. The second-order valence-corrected chi connectivity index (χ2v) is 3.13. The maximum atomic E-state index is 4.16. The predicted molar refractivity (Wildman–Crippen MR) is 64.0 cm³/mol. The number of benzene rings is 1. The van der Waals surface area contributed by atoms with E-state index < -0.39 is 0 Å². The highest BCUT2D eigenvalue weighted by molar-refractivity contribution is 5.53. The molecule has 3 heteroatoms. The molecule has 0 heterocycles. The van der Waals surface area contributed by atoms with Crippen LogP contribution in [0.1, 0.15) is 19.4 Å². The third kappa shape index (κ3) is 3.54. The van der Waals surface area contributed by atoms with Crippen LogP contribution in [0.2, 0.25) is 0 Å². The highest BCUT2D eigenvalue weighted by atomic mass is 15.5. The zero-order valence-electron chi connectivity index (χ0n) is 9.35. The highest BCUT2D eigenvalue weighted by Gasteiger charge is 1.93. The van der Waals surface area contributed by atoms with Gasteiger partial charge in [-0.1, -0.05) is 30.0 Å². The third-order valence-electron chi connectivity index (χ3n) is 2.12. The molecular formula is C12H17N3. The molecule has 0 aliphatic heterocycles. The molecule has 1 aromatic carbocycles. The standard InChI is InChI=1S/C12H17N3/c1-4-11-8-7-9-12(10-11)13-14-15(5-2)6-3/h4,7-10H,1,5-6H2,2-3H3/b14-13-. The molecule has 0 aromatic heterocycles. The fraction of sp³-hybridized carbons (Fsp3) is 0.333. The molecule has 0 aliphatic carbocycles. The molecule has 0 spiro atoms. The zero-order chi connectivity index (χ0) is 11.1. The molecule has 0 unspecified atom stereocenters. The Morgan fingerprint density at radius 1 is 1.33 bits per heavy atom. The maximum absolute atomic E-state index is 4.16. The summed E-state index contributed by atoms with van der Waals surface area (Å²) < 4.78 is 0. The topological polar surface area (TPSA) is 28.0 Å². The molecule has 0 aliphatic rings. The smallest absolute Gasteiger partial charge is 0.0880 e. The molecule has 80 valence electrons. The van der Waals surface area contributed by atoms with Gasteiger partial charge < -0.3 is 0 Å². The Bertz CT molecular complexity index is 340. The van der Waals surface area contributed by atoms with Crippen molar-refractivity contribution in [2.75, 3.05) is 13.1 Å². The second kappa shape index (κ2) is 5.96. The van der Waals surface area contributed by atoms with E-state index in [0.717, 1.165) is 24.3 Å². The molecule has 0 atom stereocenters. The van der Waals surface area contributed by atoms with Gasteiger partial charge in [-0.05, 0) is 31.5 Å². The van der Waals surface area contributed by atoms with Gasteiger partial charge in [-0.2, -0.15) is 0 Å². The van der Waals surface area contributed by atoms with E-state index in [9.17, 15) is 0 Å². The molecule has 1 rings (SSSR count). The Balaban J connectivity index is 2.74. The van der Waals surface area contributed by atoms with Gasteiger partial charge in [-0.3, -0.25) is 5.01 Å². The van der Waals surface area contributed by atoms with Crippen molar-refractivity contribution in [3.8, 4) is 0 Å². The molecule has 0 bridgehead atoms. The summed E-state index contributed by atoms with van der Waals surface area (Å²) in [4.78, 5) is 0. The van der Waals surface area contributed by atoms with E-state index in [1.54, 1.807) is 6.08 Å². The van der Waals surface area contributed by atoms with Gasteiger partial charge in [0, 0.05) is 13.1 Å². The van der Waals surface area contributed by atoms with Gasteiger partial charge in [0.15, 0.2) is 0 Å². The van der Waals surface area contributed by atoms with Gasteiger partial charge in [0.25, 0.3) is 0 Å². The summed E-state index contributed by atoms with van der Waals surface area (Å²) in [5, 5.41) is 10.2. The molecule has 15 heavy (non-hydrogen) atoms. The Morgan fingerprint density at radius 3 is 2.67 bits per heavy atom. The Hall–Kier alpha value is -1.64. The van der Waals surface area contributed by atoms with Crippen LogP contribution in [0.25, 0.3) is 6.08 Å². The van der Waals surface area contributed by atoms with Crippen molar-refractivity contribution < 1.29 is 0 Å². The van der Waals surface area contributed by atoms with Gasteiger partial charge in [0.05, 0.1) is 5.69 Å². The molecule has 0 saturated carbocycles. The lowest BCUT2D eigenvalue weighted by Gasteiger charge is -2.10. The van der Waals surface area contributed by atoms with Crippen LogP contribution in [-0.2, 0) is 0 Å². The van der Waals surface area contributed by atoms with Crippen LogP contribution in [0.5, 0.6) is 0 Å². The minimum atomic E-state index is 0.860. The van der Waals surface area contributed by atoms with E-state index in [2.05, 4.69) is 30.8 Å². The number of hydrogen-bond donors (Lipinski definition) is 0. The zero-order valence-corrected chi connectivity index (χ0v) is 9.35. The van der Waals surface area contributed by atoms with Crippen molar-refractivity contribution in [1.82, 2.24) is 5.01 Å². The van der Waals surface area contributed by atoms with Crippen LogP contribution in [0.3, 0.4) is 0 Å².